The highest BCUT2D eigenvalue weighted by Gasteiger charge is 2.20. The van der Waals surface area contributed by atoms with Crippen LogP contribution in [0.15, 0.2) is 54.7 Å². The maximum Gasteiger partial charge on any atom is 0.321 e. The molecule has 2 amide bonds. The Morgan fingerprint density at radius 1 is 1.08 bits per heavy atom. The Hall–Kier alpha value is -2.82. The van der Waals surface area contributed by atoms with Gasteiger partial charge in [0.05, 0.1) is 0 Å². The molecule has 25 heavy (non-hydrogen) atoms. The lowest BCUT2D eigenvalue weighted by Gasteiger charge is -2.36. The van der Waals surface area contributed by atoms with Gasteiger partial charge in [-0.05, 0) is 36.8 Å². The first kappa shape index (κ1) is 17.0. The fourth-order valence-corrected chi connectivity index (χ4v) is 2.90. The number of urea groups is 1. The molecule has 1 N–H and O–H groups in total. The molecule has 1 aliphatic heterocycles. The van der Waals surface area contributed by atoms with E-state index in [2.05, 4.69) is 41.4 Å². The van der Waals surface area contributed by atoms with Crippen molar-refractivity contribution in [1.82, 2.24) is 10.2 Å². The molecule has 0 aliphatic carbocycles. The Morgan fingerprint density at radius 2 is 1.84 bits per heavy atom. The van der Waals surface area contributed by atoms with E-state index in [0.29, 0.717) is 18.7 Å². The van der Waals surface area contributed by atoms with E-state index in [-0.39, 0.29) is 11.8 Å². The number of hydrogen-bond donors (Lipinski definition) is 1. The Balaban J connectivity index is 1.51. The number of benzene rings is 2. The molecule has 1 saturated heterocycles. The summed E-state index contributed by atoms with van der Waals surface area (Å²) in [7, 11) is 0. The summed E-state index contributed by atoms with van der Waals surface area (Å²) in [5.74, 6) is -0.306. The number of aryl methyl sites for hydroxylation is 1. The van der Waals surface area contributed by atoms with Crippen molar-refractivity contribution in [3.8, 4) is 0 Å². The van der Waals surface area contributed by atoms with E-state index in [1.54, 1.807) is 29.2 Å². The summed E-state index contributed by atoms with van der Waals surface area (Å²) in [4.78, 5) is 16.3. The van der Waals surface area contributed by atoms with Gasteiger partial charge < -0.3 is 15.1 Å². The van der Waals surface area contributed by atoms with E-state index < -0.39 is 0 Å². The molecule has 0 atom stereocenters. The predicted molar refractivity (Wildman–Crippen MR) is 98.9 cm³/mol. The summed E-state index contributed by atoms with van der Waals surface area (Å²) in [5.41, 5.74) is 2.88. The first-order chi connectivity index (χ1) is 12.1. The van der Waals surface area contributed by atoms with Crippen molar-refractivity contribution in [1.29, 1.82) is 0 Å². The molecule has 0 saturated carbocycles. The molecule has 130 valence electrons. The van der Waals surface area contributed by atoms with Crippen LogP contribution in [0.4, 0.5) is 14.9 Å². The first-order valence-corrected chi connectivity index (χ1v) is 8.41. The number of piperazine rings is 1. The van der Waals surface area contributed by atoms with E-state index in [1.165, 1.54) is 23.5 Å². The van der Waals surface area contributed by atoms with E-state index in [9.17, 15) is 9.18 Å². The predicted octanol–water partition coefficient (Wildman–Crippen LogP) is 3.64. The molecule has 3 rings (SSSR count). The van der Waals surface area contributed by atoms with E-state index in [4.69, 9.17) is 0 Å². The van der Waals surface area contributed by atoms with Gasteiger partial charge in [-0.15, -0.1) is 0 Å². The van der Waals surface area contributed by atoms with Crippen molar-refractivity contribution < 1.29 is 9.18 Å². The van der Waals surface area contributed by atoms with Crippen molar-refractivity contribution in [2.75, 3.05) is 31.1 Å². The summed E-state index contributed by atoms with van der Waals surface area (Å²) in [6, 6.07) is 14.7. The number of amides is 2. The van der Waals surface area contributed by atoms with Crippen LogP contribution in [-0.2, 0) is 0 Å². The van der Waals surface area contributed by atoms with Crippen molar-refractivity contribution in [3.63, 3.8) is 0 Å². The Kier molecular flexibility index (Phi) is 5.33. The van der Waals surface area contributed by atoms with Crippen LogP contribution in [0, 0.1) is 12.7 Å². The van der Waals surface area contributed by atoms with Crippen molar-refractivity contribution in [2.24, 2.45) is 0 Å². The summed E-state index contributed by atoms with van der Waals surface area (Å²) in [5, 5.41) is 2.71. The van der Waals surface area contributed by atoms with Crippen LogP contribution in [-0.4, -0.2) is 37.1 Å². The Morgan fingerprint density at radius 3 is 2.56 bits per heavy atom. The number of nitrogens with one attached hydrogen (secondary N) is 1. The second kappa shape index (κ2) is 7.83. The van der Waals surface area contributed by atoms with Gasteiger partial charge in [0.15, 0.2) is 0 Å². The summed E-state index contributed by atoms with van der Waals surface area (Å²) < 4.78 is 13.5. The van der Waals surface area contributed by atoms with Crippen LogP contribution >= 0.6 is 0 Å². The second-order valence-electron chi connectivity index (χ2n) is 6.12. The third-order valence-electron chi connectivity index (χ3n) is 4.31. The van der Waals surface area contributed by atoms with Crippen LogP contribution < -0.4 is 10.2 Å². The number of hydrogen-bond acceptors (Lipinski definition) is 2. The zero-order valence-corrected chi connectivity index (χ0v) is 14.3. The third kappa shape index (κ3) is 4.38. The molecular weight excluding hydrogens is 317 g/mol. The fourth-order valence-electron chi connectivity index (χ4n) is 2.90. The molecule has 2 aromatic carbocycles. The van der Waals surface area contributed by atoms with Crippen LogP contribution in [0.1, 0.15) is 11.1 Å². The molecular formula is C20H22FN3O. The minimum Gasteiger partial charge on any atom is -0.368 e. The molecule has 5 heteroatoms. The standard InChI is InChI=1S/C20H22FN3O/c1-16-5-4-7-18(15-16)23-11-13-24(14-12-23)20(25)22-10-9-17-6-2-3-8-19(17)21/h2-10,15H,11-14H2,1H3,(H,22,25)/b10-9+. The summed E-state index contributed by atoms with van der Waals surface area (Å²) in [6.07, 6.45) is 3.06. The highest BCUT2D eigenvalue weighted by molar-refractivity contribution is 5.76. The lowest BCUT2D eigenvalue weighted by atomic mass is 10.2. The van der Waals surface area contributed by atoms with Gasteiger partial charge in [-0.3, -0.25) is 0 Å². The summed E-state index contributed by atoms with van der Waals surface area (Å²) >= 11 is 0. The molecule has 1 aliphatic rings. The van der Waals surface area contributed by atoms with Crippen molar-refractivity contribution in [3.05, 3.63) is 71.7 Å². The van der Waals surface area contributed by atoms with E-state index in [0.717, 1.165) is 13.1 Å². The van der Waals surface area contributed by atoms with Crippen molar-refractivity contribution in [2.45, 2.75) is 6.92 Å². The van der Waals surface area contributed by atoms with E-state index in [1.807, 2.05) is 0 Å². The molecule has 0 spiro atoms. The molecule has 0 bridgehead atoms. The number of carbonyl (C=O) groups is 1. The molecule has 0 unspecified atom stereocenters. The Bertz CT molecular complexity index is 767. The van der Waals surface area contributed by atoms with Crippen molar-refractivity contribution >= 4 is 17.8 Å². The number of rotatable bonds is 3. The van der Waals surface area contributed by atoms with Gasteiger partial charge in [0, 0.05) is 43.6 Å². The molecule has 2 aromatic rings. The lowest BCUT2D eigenvalue weighted by Crippen LogP contribution is -2.51. The largest absolute Gasteiger partial charge is 0.368 e. The SMILES string of the molecule is Cc1cccc(N2CCN(C(=O)N/C=C/c3ccccc3F)CC2)c1. The number of anilines is 1. The van der Waals surface area contributed by atoms with Gasteiger partial charge in [-0.25, -0.2) is 9.18 Å². The van der Waals surface area contributed by atoms with Gasteiger partial charge in [-0.2, -0.15) is 0 Å². The monoisotopic (exact) mass is 339 g/mol. The fraction of sp³-hybridized carbons (Fsp3) is 0.250. The third-order valence-corrected chi connectivity index (χ3v) is 4.31. The van der Waals surface area contributed by atoms with Crippen LogP contribution in [0.25, 0.3) is 6.08 Å². The molecule has 1 heterocycles. The number of nitrogens with zero attached hydrogens (tertiary/aromatic N) is 2. The van der Waals surface area contributed by atoms with Gasteiger partial charge in [0.2, 0.25) is 0 Å². The van der Waals surface area contributed by atoms with Gasteiger partial charge in [0.25, 0.3) is 0 Å². The molecule has 4 nitrogen and oxygen atoms in total. The minimum atomic E-state index is -0.306. The number of halogens is 1. The summed E-state index contributed by atoms with van der Waals surface area (Å²) in [6.45, 7) is 5.00. The van der Waals surface area contributed by atoms with Crippen LogP contribution in [0.2, 0.25) is 0 Å². The maximum absolute atomic E-state index is 13.5. The first-order valence-electron chi connectivity index (χ1n) is 8.41. The van der Waals surface area contributed by atoms with Crippen LogP contribution in [0.5, 0.6) is 0 Å². The van der Waals surface area contributed by atoms with Gasteiger partial charge in [0.1, 0.15) is 5.82 Å². The normalized spacial score (nSPS) is 14.8. The average Bonchev–Trinajstić information content (AvgIpc) is 2.63. The minimum absolute atomic E-state index is 0.156. The molecule has 1 fully saturated rings. The molecule has 0 aromatic heterocycles. The zero-order chi connectivity index (χ0) is 17.6. The van der Waals surface area contributed by atoms with Gasteiger partial charge >= 0.3 is 6.03 Å². The number of carbonyl (C=O) groups excluding carboxylic acids is 1. The van der Waals surface area contributed by atoms with Crippen LogP contribution in [0.3, 0.4) is 0 Å². The molecule has 0 radical (unpaired) electrons. The maximum atomic E-state index is 13.5. The average molecular weight is 339 g/mol. The highest BCUT2D eigenvalue weighted by Crippen LogP contribution is 2.17. The van der Waals surface area contributed by atoms with Gasteiger partial charge in [-0.1, -0.05) is 30.3 Å². The highest BCUT2D eigenvalue weighted by atomic mass is 19.1. The van der Waals surface area contributed by atoms with E-state index >= 15 is 0 Å². The Labute approximate surface area is 147 Å². The smallest absolute Gasteiger partial charge is 0.321 e. The lowest BCUT2D eigenvalue weighted by molar-refractivity contribution is 0.198. The second-order valence-corrected chi connectivity index (χ2v) is 6.12. The quantitative estimate of drug-likeness (QED) is 0.927. The zero-order valence-electron chi connectivity index (χ0n) is 14.3. The topological polar surface area (TPSA) is 35.6 Å².